The van der Waals surface area contributed by atoms with Crippen molar-refractivity contribution in [2.75, 3.05) is 0 Å². The summed E-state index contributed by atoms with van der Waals surface area (Å²) in [5.74, 6) is 6.43. The first kappa shape index (κ1) is 14.8. The predicted molar refractivity (Wildman–Crippen MR) is 94.4 cm³/mol. The van der Waals surface area contributed by atoms with Crippen LogP contribution >= 0.6 is 0 Å². The minimum absolute atomic E-state index is 0.681. The summed E-state index contributed by atoms with van der Waals surface area (Å²) in [6.45, 7) is 2.04. The molecule has 0 atom stereocenters. The lowest BCUT2D eigenvalue weighted by Crippen LogP contribution is -1.91. The number of aryl methyl sites for hydroxylation is 1. The van der Waals surface area contributed by atoms with Gasteiger partial charge in [0.05, 0.1) is 0 Å². The highest BCUT2D eigenvalue weighted by Gasteiger charge is 2.08. The molecule has 23 heavy (non-hydrogen) atoms. The van der Waals surface area contributed by atoms with E-state index >= 15 is 0 Å². The van der Waals surface area contributed by atoms with E-state index in [0.29, 0.717) is 5.56 Å². The molecule has 0 saturated heterocycles. The van der Waals surface area contributed by atoms with Gasteiger partial charge in [0.2, 0.25) is 0 Å². The maximum absolute atomic E-state index is 11.3. The second kappa shape index (κ2) is 6.77. The van der Waals surface area contributed by atoms with E-state index in [1.165, 1.54) is 0 Å². The molecule has 3 aromatic carbocycles. The van der Waals surface area contributed by atoms with Gasteiger partial charge in [0.25, 0.3) is 0 Å². The molecule has 0 aliphatic rings. The van der Waals surface area contributed by atoms with Crippen molar-refractivity contribution in [3.8, 4) is 23.0 Å². The third-order valence-corrected chi connectivity index (χ3v) is 3.67. The lowest BCUT2D eigenvalue weighted by Gasteiger charge is -2.09. The number of carbonyl (C=O) groups is 1. The molecule has 0 spiro atoms. The number of hydrogen-bond acceptors (Lipinski definition) is 1. The Hall–Kier alpha value is -3.11. The number of benzene rings is 3. The minimum atomic E-state index is 0.681. The van der Waals surface area contributed by atoms with Crippen molar-refractivity contribution in [3.05, 3.63) is 95.1 Å². The Balaban J connectivity index is 2.13. The van der Waals surface area contributed by atoms with Crippen molar-refractivity contribution in [3.63, 3.8) is 0 Å². The third-order valence-electron chi connectivity index (χ3n) is 3.67. The zero-order chi connectivity index (χ0) is 16.1. The second-order valence-corrected chi connectivity index (χ2v) is 5.37. The normalized spacial score (nSPS) is 9.78. The Morgan fingerprint density at radius 1 is 0.783 bits per heavy atom. The van der Waals surface area contributed by atoms with Gasteiger partial charge >= 0.3 is 0 Å². The molecule has 1 heteroatoms. The van der Waals surface area contributed by atoms with Crippen LogP contribution in [0.25, 0.3) is 11.1 Å². The Bertz CT molecular complexity index is 896. The van der Waals surface area contributed by atoms with Crippen LogP contribution in [0.15, 0.2) is 72.8 Å². The van der Waals surface area contributed by atoms with E-state index in [2.05, 4.69) is 17.9 Å². The van der Waals surface area contributed by atoms with Crippen molar-refractivity contribution >= 4 is 6.29 Å². The Morgan fingerprint density at radius 2 is 1.52 bits per heavy atom. The molecule has 0 unspecified atom stereocenters. The molecule has 0 N–H and O–H groups in total. The monoisotopic (exact) mass is 296 g/mol. The molecule has 0 amide bonds. The van der Waals surface area contributed by atoms with Crippen LogP contribution < -0.4 is 0 Å². The van der Waals surface area contributed by atoms with E-state index in [1.54, 1.807) is 0 Å². The fourth-order valence-corrected chi connectivity index (χ4v) is 2.50. The first-order chi connectivity index (χ1) is 11.3. The van der Waals surface area contributed by atoms with Gasteiger partial charge in [0, 0.05) is 16.7 Å². The van der Waals surface area contributed by atoms with E-state index in [0.717, 1.165) is 34.1 Å². The Morgan fingerprint density at radius 3 is 2.30 bits per heavy atom. The number of aldehydes is 1. The SMILES string of the molecule is Cc1ccc(C#Cc2ccccc2)c(-c2ccccc2C=O)c1. The van der Waals surface area contributed by atoms with Gasteiger partial charge < -0.3 is 0 Å². The zero-order valence-corrected chi connectivity index (χ0v) is 12.9. The summed E-state index contributed by atoms with van der Waals surface area (Å²) >= 11 is 0. The van der Waals surface area contributed by atoms with Crippen LogP contribution in [-0.4, -0.2) is 6.29 Å². The smallest absolute Gasteiger partial charge is 0.150 e. The van der Waals surface area contributed by atoms with Crippen LogP contribution in [0.3, 0.4) is 0 Å². The van der Waals surface area contributed by atoms with Crippen LogP contribution in [-0.2, 0) is 0 Å². The summed E-state index contributed by atoms with van der Waals surface area (Å²) in [6, 6.07) is 23.6. The fraction of sp³-hybridized carbons (Fsp3) is 0.0455. The maximum atomic E-state index is 11.3. The van der Waals surface area contributed by atoms with Gasteiger partial charge in [-0.25, -0.2) is 0 Å². The molecule has 3 rings (SSSR count). The fourth-order valence-electron chi connectivity index (χ4n) is 2.50. The number of carbonyl (C=O) groups excluding carboxylic acids is 1. The van der Waals surface area contributed by atoms with Crippen molar-refractivity contribution in [2.24, 2.45) is 0 Å². The average Bonchev–Trinajstić information content (AvgIpc) is 2.61. The van der Waals surface area contributed by atoms with Crippen LogP contribution in [0.4, 0.5) is 0 Å². The molecular formula is C22H16O. The van der Waals surface area contributed by atoms with E-state index in [4.69, 9.17) is 0 Å². The molecule has 0 aromatic heterocycles. The van der Waals surface area contributed by atoms with Crippen molar-refractivity contribution in [2.45, 2.75) is 6.92 Å². The molecule has 0 aliphatic heterocycles. The summed E-state index contributed by atoms with van der Waals surface area (Å²) in [4.78, 5) is 11.3. The van der Waals surface area contributed by atoms with Gasteiger partial charge in [0.15, 0.2) is 6.29 Å². The molecule has 0 saturated carbocycles. The molecule has 110 valence electrons. The average molecular weight is 296 g/mol. The highest BCUT2D eigenvalue weighted by atomic mass is 16.1. The minimum Gasteiger partial charge on any atom is -0.298 e. The first-order valence-electron chi connectivity index (χ1n) is 7.50. The highest BCUT2D eigenvalue weighted by Crippen LogP contribution is 2.27. The van der Waals surface area contributed by atoms with E-state index < -0.39 is 0 Å². The van der Waals surface area contributed by atoms with Crippen LogP contribution in [0.2, 0.25) is 0 Å². The van der Waals surface area contributed by atoms with Crippen LogP contribution in [0.1, 0.15) is 27.0 Å². The summed E-state index contributed by atoms with van der Waals surface area (Å²) < 4.78 is 0. The Labute approximate surface area is 136 Å². The van der Waals surface area contributed by atoms with Crippen LogP contribution in [0.5, 0.6) is 0 Å². The molecule has 0 aliphatic carbocycles. The van der Waals surface area contributed by atoms with Gasteiger partial charge in [-0.2, -0.15) is 0 Å². The van der Waals surface area contributed by atoms with Gasteiger partial charge in [-0.15, -0.1) is 0 Å². The maximum Gasteiger partial charge on any atom is 0.150 e. The number of rotatable bonds is 2. The first-order valence-corrected chi connectivity index (χ1v) is 7.50. The topological polar surface area (TPSA) is 17.1 Å². The van der Waals surface area contributed by atoms with Gasteiger partial charge in [-0.1, -0.05) is 72.0 Å². The van der Waals surface area contributed by atoms with Gasteiger partial charge in [0.1, 0.15) is 0 Å². The summed E-state index contributed by atoms with van der Waals surface area (Å²) in [5.41, 5.74) is 5.64. The Kier molecular flexibility index (Phi) is 4.36. The quantitative estimate of drug-likeness (QED) is 0.487. The van der Waals surface area contributed by atoms with E-state index in [9.17, 15) is 4.79 Å². The van der Waals surface area contributed by atoms with Crippen molar-refractivity contribution in [1.29, 1.82) is 0 Å². The third kappa shape index (κ3) is 3.39. The second-order valence-electron chi connectivity index (χ2n) is 5.37. The summed E-state index contributed by atoms with van der Waals surface area (Å²) in [7, 11) is 0. The molecule has 3 aromatic rings. The highest BCUT2D eigenvalue weighted by molar-refractivity contribution is 5.89. The molecular weight excluding hydrogens is 280 g/mol. The molecule has 0 bridgehead atoms. The zero-order valence-electron chi connectivity index (χ0n) is 12.9. The van der Waals surface area contributed by atoms with Crippen molar-refractivity contribution < 1.29 is 4.79 Å². The molecule has 1 nitrogen and oxygen atoms in total. The lowest BCUT2D eigenvalue weighted by atomic mass is 9.94. The molecule has 0 heterocycles. The summed E-state index contributed by atoms with van der Waals surface area (Å²) in [5, 5.41) is 0. The van der Waals surface area contributed by atoms with Crippen molar-refractivity contribution in [1.82, 2.24) is 0 Å². The largest absolute Gasteiger partial charge is 0.298 e. The standard InChI is InChI=1S/C22H16O/c1-17-11-13-19(14-12-18-7-3-2-4-8-18)22(15-17)21-10-6-5-9-20(21)16-23/h2-11,13,15-16H,1H3. The van der Waals surface area contributed by atoms with E-state index in [1.807, 2.05) is 73.7 Å². The van der Waals surface area contributed by atoms with Gasteiger partial charge in [-0.3, -0.25) is 4.79 Å². The van der Waals surface area contributed by atoms with E-state index in [-0.39, 0.29) is 0 Å². The lowest BCUT2D eigenvalue weighted by molar-refractivity contribution is 0.112. The number of hydrogen-bond donors (Lipinski definition) is 0. The van der Waals surface area contributed by atoms with Crippen LogP contribution in [0, 0.1) is 18.8 Å². The summed E-state index contributed by atoms with van der Waals surface area (Å²) in [6.07, 6.45) is 0.895. The predicted octanol–water partition coefficient (Wildman–Crippen LogP) is 4.87. The van der Waals surface area contributed by atoms with Gasteiger partial charge in [-0.05, 0) is 36.2 Å². The molecule has 0 radical (unpaired) electrons. The molecule has 0 fully saturated rings.